The van der Waals surface area contributed by atoms with Gasteiger partial charge in [-0.2, -0.15) is 0 Å². The number of aromatic nitrogens is 1. The quantitative estimate of drug-likeness (QED) is 0.231. The monoisotopic (exact) mass is 521 g/mol. The molecular weight excluding hydrogens is 486 g/mol. The average molecular weight is 522 g/mol. The minimum absolute atomic E-state index is 0.103. The molecule has 0 spiro atoms. The standard InChI is InChI=1S/C30H35NO7/c1-17(2)8-5-9-18(3)10-7-13-30(4)25(34)15-21-24(33)14-20-22(27(21)38-30)16-31(28(20)35)26-19(29(36)37)11-6-12-23(26)32/h6,8,10-12,14,16,25,32-35H,5,7,9,13,15H2,1-4H3,(H,36,37)/t25-,30-/m0/s1. The van der Waals surface area contributed by atoms with Crippen molar-refractivity contribution in [2.24, 2.45) is 0 Å². The highest BCUT2D eigenvalue weighted by Gasteiger charge is 2.41. The van der Waals surface area contributed by atoms with Gasteiger partial charge in [0.2, 0.25) is 5.88 Å². The summed E-state index contributed by atoms with van der Waals surface area (Å²) in [6.45, 7) is 8.07. The highest BCUT2D eigenvalue weighted by atomic mass is 16.5. The zero-order valence-electron chi connectivity index (χ0n) is 22.2. The lowest BCUT2D eigenvalue weighted by Crippen LogP contribution is -2.48. The first kappa shape index (κ1) is 27.1. The molecule has 0 bridgehead atoms. The van der Waals surface area contributed by atoms with Gasteiger partial charge in [0.1, 0.15) is 28.5 Å². The molecular formula is C30H35NO7. The van der Waals surface area contributed by atoms with Crippen LogP contribution in [-0.4, -0.2) is 47.8 Å². The number of allylic oxidation sites excluding steroid dienone is 4. The van der Waals surface area contributed by atoms with E-state index in [2.05, 4.69) is 32.9 Å². The zero-order valence-corrected chi connectivity index (χ0v) is 22.2. The van der Waals surface area contributed by atoms with Gasteiger partial charge < -0.3 is 30.3 Å². The number of aromatic carboxylic acids is 1. The lowest BCUT2D eigenvalue weighted by atomic mass is 9.84. The normalized spacial score (nSPS) is 19.2. The van der Waals surface area contributed by atoms with Gasteiger partial charge in [0.05, 0.1) is 17.1 Å². The van der Waals surface area contributed by atoms with Gasteiger partial charge in [0, 0.05) is 23.6 Å². The largest absolute Gasteiger partial charge is 0.508 e. The summed E-state index contributed by atoms with van der Waals surface area (Å²) in [4.78, 5) is 11.8. The summed E-state index contributed by atoms with van der Waals surface area (Å²) < 4.78 is 7.55. The van der Waals surface area contributed by atoms with Gasteiger partial charge >= 0.3 is 5.97 Å². The number of benzene rings is 2. The first-order chi connectivity index (χ1) is 17.9. The zero-order chi connectivity index (χ0) is 27.8. The fourth-order valence-electron chi connectivity index (χ4n) is 5.00. The summed E-state index contributed by atoms with van der Waals surface area (Å²) >= 11 is 0. The summed E-state index contributed by atoms with van der Waals surface area (Å²) in [6, 6.07) is 5.42. The van der Waals surface area contributed by atoms with Gasteiger partial charge in [0.15, 0.2) is 0 Å². The van der Waals surface area contributed by atoms with Gasteiger partial charge in [-0.05, 0) is 71.6 Å². The van der Waals surface area contributed by atoms with Crippen molar-refractivity contribution >= 4 is 16.7 Å². The topological polar surface area (TPSA) is 132 Å². The van der Waals surface area contributed by atoms with E-state index < -0.39 is 17.7 Å². The van der Waals surface area contributed by atoms with Crippen LogP contribution in [0.1, 0.15) is 69.3 Å². The van der Waals surface area contributed by atoms with E-state index in [4.69, 9.17) is 4.74 Å². The number of aromatic hydroxyl groups is 3. The summed E-state index contributed by atoms with van der Waals surface area (Å²) in [5, 5.41) is 53.5. The number of ether oxygens (including phenoxy) is 1. The molecule has 1 aliphatic heterocycles. The number of fused-ring (bicyclic) bond motifs is 3. The van der Waals surface area contributed by atoms with Crippen LogP contribution in [0.2, 0.25) is 0 Å². The fraction of sp³-hybridized carbons (Fsp3) is 0.367. The van der Waals surface area contributed by atoms with Crippen molar-refractivity contribution in [1.29, 1.82) is 0 Å². The Labute approximate surface area is 221 Å². The SMILES string of the molecule is CC(C)=CCCC(C)=CCC[C@]1(C)Oc2c(c(O)cc3c(O)n(-c4c(O)cccc4C(=O)O)cc23)C[C@@H]1O. The molecule has 38 heavy (non-hydrogen) atoms. The van der Waals surface area contributed by atoms with Crippen molar-refractivity contribution in [2.45, 2.75) is 71.5 Å². The number of phenols is 2. The molecule has 5 N–H and O–H groups in total. The Morgan fingerprint density at radius 1 is 1.11 bits per heavy atom. The Kier molecular flexibility index (Phi) is 7.47. The predicted molar refractivity (Wildman–Crippen MR) is 146 cm³/mol. The van der Waals surface area contributed by atoms with Gasteiger partial charge in [0.25, 0.3) is 0 Å². The van der Waals surface area contributed by atoms with E-state index in [0.717, 1.165) is 12.8 Å². The smallest absolute Gasteiger partial charge is 0.337 e. The van der Waals surface area contributed by atoms with E-state index in [-0.39, 0.29) is 40.4 Å². The Balaban J connectivity index is 1.70. The van der Waals surface area contributed by atoms with Gasteiger partial charge in [-0.1, -0.05) is 29.4 Å². The third-order valence-electron chi connectivity index (χ3n) is 7.27. The number of nitrogens with zero attached hydrogens (tertiary/aromatic N) is 1. The van der Waals surface area contributed by atoms with E-state index in [1.165, 1.54) is 46.2 Å². The maximum atomic E-state index is 11.8. The maximum absolute atomic E-state index is 11.8. The molecule has 3 aromatic rings. The molecule has 0 unspecified atom stereocenters. The van der Waals surface area contributed by atoms with Crippen molar-refractivity contribution in [3.63, 3.8) is 0 Å². The number of hydrogen-bond donors (Lipinski definition) is 5. The van der Waals surface area contributed by atoms with Gasteiger partial charge in [-0.25, -0.2) is 4.79 Å². The third-order valence-corrected chi connectivity index (χ3v) is 7.27. The Hall–Kier alpha value is -3.91. The minimum Gasteiger partial charge on any atom is -0.508 e. The second-order valence-electron chi connectivity index (χ2n) is 10.5. The highest BCUT2D eigenvalue weighted by Crippen LogP contribution is 2.48. The lowest BCUT2D eigenvalue weighted by molar-refractivity contribution is -0.0581. The molecule has 0 amide bonds. The molecule has 8 heteroatoms. The molecule has 0 aliphatic carbocycles. The molecule has 0 radical (unpaired) electrons. The van der Waals surface area contributed by atoms with Gasteiger partial charge in [-0.15, -0.1) is 0 Å². The summed E-state index contributed by atoms with van der Waals surface area (Å²) in [5.41, 5.74) is 1.70. The Morgan fingerprint density at radius 3 is 2.53 bits per heavy atom. The van der Waals surface area contributed by atoms with Crippen LogP contribution in [0, 0.1) is 0 Å². The molecule has 0 fully saturated rings. The van der Waals surface area contributed by atoms with Crippen molar-refractivity contribution < 1.29 is 35.1 Å². The molecule has 1 aromatic heterocycles. The molecule has 2 aromatic carbocycles. The second kappa shape index (κ2) is 10.5. The van der Waals surface area contributed by atoms with Crippen molar-refractivity contribution in [3.8, 4) is 28.8 Å². The number of aliphatic hydroxyl groups excluding tert-OH is 1. The van der Waals surface area contributed by atoms with E-state index in [1.54, 1.807) is 0 Å². The molecule has 8 nitrogen and oxygen atoms in total. The Morgan fingerprint density at radius 2 is 1.84 bits per heavy atom. The van der Waals surface area contributed by atoms with E-state index in [1.807, 2.05) is 6.92 Å². The summed E-state index contributed by atoms with van der Waals surface area (Å²) in [7, 11) is 0. The van der Waals surface area contributed by atoms with Crippen LogP contribution in [0.4, 0.5) is 0 Å². The first-order valence-corrected chi connectivity index (χ1v) is 12.7. The second-order valence-corrected chi connectivity index (χ2v) is 10.5. The van der Waals surface area contributed by atoms with Crippen LogP contribution >= 0.6 is 0 Å². The number of carbonyl (C=O) groups is 1. The lowest BCUT2D eigenvalue weighted by Gasteiger charge is -2.40. The minimum atomic E-state index is -1.27. The van der Waals surface area contributed by atoms with Crippen LogP contribution in [0.25, 0.3) is 16.5 Å². The molecule has 0 saturated carbocycles. The fourth-order valence-corrected chi connectivity index (χ4v) is 5.00. The molecule has 4 rings (SSSR count). The molecule has 0 saturated heterocycles. The average Bonchev–Trinajstić information content (AvgIpc) is 3.16. The number of carboxylic acid groups (broad SMARTS) is 1. The number of carboxylic acids is 1. The summed E-state index contributed by atoms with van der Waals surface area (Å²) in [6.07, 6.45) is 8.28. The number of phenolic OH excluding ortho intramolecular Hbond substituents is 2. The molecule has 202 valence electrons. The number of rotatable bonds is 8. The van der Waals surface area contributed by atoms with Crippen LogP contribution in [0.15, 0.2) is 53.8 Å². The number of para-hydroxylation sites is 1. The van der Waals surface area contributed by atoms with Crippen LogP contribution in [0.5, 0.6) is 23.1 Å². The molecule has 2 heterocycles. The maximum Gasteiger partial charge on any atom is 0.337 e. The van der Waals surface area contributed by atoms with Gasteiger partial charge in [-0.3, -0.25) is 4.57 Å². The molecule has 1 aliphatic rings. The van der Waals surface area contributed by atoms with E-state index in [0.29, 0.717) is 29.5 Å². The van der Waals surface area contributed by atoms with E-state index >= 15 is 0 Å². The predicted octanol–water partition coefficient (Wildman–Crippen LogP) is 5.97. The van der Waals surface area contributed by atoms with E-state index in [9.17, 15) is 30.3 Å². The van der Waals surface area contributed by atoms with Crippen molar-refractivity contribution in [2.75, 3.05) is 0 Å². The third kappa shape index (κ3) is 5.09. The van der Waals surface area contributed by atoms with Crippen molar-refractivity contribution in [1.82, 2.24) is 4.57 Å². The number of hydrogen-bond acceptors (Lipinski definition) is 6. The van der Waals surface area contributed by atoms with Crippen LogP contribution < -0.4 is 4.74 Å². The Bertz CT molecular complexity index is 1440. The number of aliphatic hydroxyl groups is 1. The summed E-state index contributed by atoms with van der Waals surface area (Å²) in [5.74, 6) is -1.78. The highest BCUT2D eigenvalue weighted by molar-refractivity contribution is 5.98. The molecule has 2 atom stereocenters. The van der Waals surface area contributed by atoms with Crippen molar-refractivity contribution in [3.05, 3.63) is 64.9 Å². The van der Waals surface area contributed by atoms with Crippen LogP contribution in [-0.2, 0) is 6.42 Å². The first-order valence-electron chi connectivity index (χ1n) is 12.7. The van der Waals surface area contributed by atoms with Crippen LogP contribution in [0.3, 0.4) is 0 Å².